The molecule has 0 aliphatic heterocycles. The Balaban J connectivity index is 1.53. The van der Waals surface area contributed by atoms with Gasteiger partial charge in [-0.1, -0.05) is 35.9 Å². The molecule has 0 unspecified atom stereocenters. The van der Waals surface area contributed by atoms with E-state index in [9.17, 15) is 8.42 Å². The lowest BCUT2D eigenvalue weighted by Gasteiger charge is -2.12. The van der Waals surface area contributed by atoms with Crippen LogP contribution in [0.4, 0.5) is 5.95 Å². The Hall–Kier alpha value is -4.44. The van der Waals surface area contributed by atoms with Crippen LogP contribution in [0.3, 0.4) is 0 Å². The predicted molar refractivity (Wildman–Crippen MR) is 136 cm³/mol. The van der Waals surface area contributed by atoms with E-state index in [1.165, 1.54) is 3.97 Å². The van der Waals surface area contributed by atoms with Gasteiger partial charge in [-0.15, -0.1) is 10.2 Å². The SMILES string of the molecule is Cc1ccc(S(=O)(=O)n2c(C)c(-c3cnc(NCc4ccco4)n4cnnc34)c3ccccc32)cc1. The average Bonchev–Trinajstić information content (AvgIpc) is 3.62. The Morgan fingerprint density at radius 1 is 1.00 bits per heavy atom. The number of nitrogens with one attached hydrogen (secondary N) is 1. The monoisotopic (exact) mass is 498 g/mol. The van der Waals surface area contributed by atoms with E-state index in [0.717, 1.165) is 22.3 Å². The quantitative estimate of drug-likeness (QED) is 0.351. The summed E-state index contributed by atoms with van der Waals surface area (Å²) in [5, 5.41) is 12.5. The van der Waals surface area contributed by atoms with Gasteiger partial charge in [0.25, 0.3) is 10.0 Å². The minimum Gasteiger partial charge on any atom is -0.467 e. The number of benzene rings is 2. The molecular weight excluding hydrogens is 476 g/mol. The maximum Gasteiger partial charge on any atom is 0.268 e. The molecule has 0 amide bonds. The molecule has 180 valence electrons. The Bertz CT molecular complexity index is 1820. The van der Waals surface area contributed by atoms with Crippen LogP contribution in [0.1, 0.15) is 17.0 Å². The summed E-state index contributed by atoms with van der Waals surface area (Å²) in [4.78, 5) is 4.84. The molecule has 6 rings (SSSR count). The molecule has 0 aliphatic rings. The molecule has 4 aromatic heterocycles. The predicted octanol–water partition coefficient (Wildman–Crippen LogP) is 4.80. The van der Waals surface area contributed by atoms with Crippen LogP contribution in [0.2, 0.25) is 0 Å². The number of rotatable bonds is 6. The van der Waals surface area contributed by atoms with Gasteiger partial charge < -0.3 is 9.73 Å². The van der Waals surface area contributed by atoms with Gasteiger partial charge in [-0.3, -0.25) is 4.40 Å². The van der Waals surface area contributed by atoms with Crippen LogP contribution in [-0.4, -0.2) is 32.0 Å². The van der Waals surface area contributed by atoms with Gasteiger partial charge in [-0.2, -0.15) is 0 Å². The largest absolute Gasteiger partial charge is 0.467 e. The van der Waals surface area contributed by atoms with Gasteiger partial charge in [0.1, 0.15) is 12.1 Å². The lowest BCUT2D eigenvalue weighted by atomic mass is 10.0. The topological polar surface area (TPSA) is 107 Å². The fraction of sp³-hybridized carbons (Fsp3) is 0.115. The van der Waals surface area contributed by atoms with Crippen molar-refractivity contribution in [1.29, 1.82) is 0 Å². The van der Waals surface area contributed by atoms with Crippen LogP contribution in [-0.2, 0) is 16.6 Å². The number of nitrogens with zero attached hydrogens (tertiary/aromatic N) is 5. The highest BCUT2D eigenvalue weighted by molar-refractivity contribution is 7.90. The zero-order chi connectivity index (χ0) is 24.9. The first kappa shape index (κ1) is 22.1. The van der Waals surface area contributed by atoms with Crippen LogP contribution in [0.15, 0.2) is 88.8 Å². The van der Waals surface area contributed by atoms with Crippen molar-refractivity contribution in [3.05, 3.63) is 96.5 Å². The van der Waals surface area contributed by atoms with Crippen LogP contribution < -0.4 is 5.32 Å². The molecule has 6 aromatic rings. The molecule has 36 heavy (non-hydrogen) atoms. The molecule has 0 aliphatic carbocycles. The van der Waals surface area contributed by atoms with Crippen molar-refractivity contribution in [3.8, 4) is 11.1 Å². The van der Waals surface area contributed by atoms with Crippen molar-refractivity contribution < 1.29 is 12.8 Å². The maximum absolute atomic E-state index is 13.8. The number of anilines is 1. The third-order valence-electron chi connectivity index (χ3n) is 6.22. The minimum atomic E-state index is -3.85. The highest BCUT2D eigenvalue weighted by atomic mass is 32.2. The fourth-order valence-corrected chi connectivity index (χ4v) is 6.07. The molecule has 9 nitrogen and oxygen atoms in total. The summed E-state index contributed by atoms with van der Waals surface area (Å²) in [5.41, 5.74) is 4.13. The molecule has 0 bridgehead atoms. The summed E-state index contributed by atoms with van der Waals surface area (Å²) in [7, 11) is -3.85. The molecule has 4 heterocycles. The third-order valence-corrected chi connectivity index (χ3v) is 8.04. The first-order chi connectivity index (χ1) is 17.4. The fourth-order valence-electron chi connectivity index (χ4n) is 4.51. The van der Waals surface area contributed by atoms with Crippen molar-refractivity contribution >= 4 is 32.5 Å². The van der Waals surface area contributed by atoms with E-state index in [4.69, 9.17) is 4.42 Å². The summed E-state index contributed by atoms with van der Waals surface area (Å²) in [6, 6.07) is 18.0. The second-order valence-electron chi connectivity index (χ2n) is 8.51. The molecule has 0 atom stereocenters. The number of para-hydroxylation sites is 1. The van der Waals surface area contributed by atoms with Gasteiger partial charge in [0.15, 0.2) is 5.65 Å². The average molecular weight is 499 g/mol. The Morgan fingerprint density at radius 2 is 1.81 bits per heavy atom. The van der Waals surface area contributed by atoms with Crippen LogP contribution in [0.25, 0.3) is 27.7 Å². The van der Waals surface area contributed by atoms with E-state index in [-0.39, 0.29) is 4.90 Å². The Kier molecular flexibility index (Phi) is 5.11. The summed E-state index contributed by atoms with van der Waals surface area (Å²) in [5.74, 6) is 1.31. The second kappa shape index (κ2) is 8.35. The van der Waals surface area contributed by atoms with Crippen LogP contribution in [0.5, 0.6) is 0 Å². The van der Waals surface area contributed by atoms with Gasteiger partial charge in [0.2, 0.25) is 5.95 Å². The van der Waals surface area contributed by atoms with Crippen molar-refractivity contribution in [2.75, 3.05) is 5.32 Å². The Labute approximate surface area is 207 Å². The number of aryl methyl sites for hydroxylation is 1. The molecule has 2 aromatic carbocycles. The molecular formula is C26H22N6O3S. The minimum absolute atomic E-state index is 0.228. The lowest BCUT2D eigenvalue weighted by Crippen LogP contribution is -2.14. The maximum atomic E-state index is 13.8. The van der Waals surface area contributed by atoms with Gasteiger partial charge in [0, 0.05) is 28.4 Å². The van der Waals surface area contributed by atoms with E-state index in [0.29, 0.717) is 34.9 Å². The number of furan rings is 1. The first-order valence-corrected chi connectivity index (χ1v) is 12.8. The van der Waals surface area contributed by atoms with Gasteiger partial charge in [-0.25, -0.2) is 17.4 Å². The summed E-state index contributed by atoms with van der Waals surface area (Å²) in [6.45, 7) is 4.17. The molecule has 0 fully saturated rings. The standard InChI is InChI=1S/C26H22N6O3S/c1-17-9-11-20(12-10-17)36(33,34)32-18(2)24(21-7-3-4-8-23(21)32)22-15-28-26(31-16-29-30-25(22)31)27-14-19-6-5-13-35-19/h3-13,15-16H,14H2,1-2H3,(H,27,28). The summed E-state index contributed by atoms with van der Waals surface area (Å²) < 4.78 is 36.1. The highest BCUT2D eigenvalue weighted by Gasteiger charge is 2.27. The van der Waals surface area contributed by atoms with Crippen LogP contribution >= 0.6 is 0 Å². The lowest BCUT2D eigenvalue weighted by molar-refractivity contribution is 0.517. The van der Waals surface area contributed by atoms with E-state index < -0.39 is 10.0 Å². The van der Waals surface area contributed by atoms with Gasteiger partial charge in [0.05, 0.1) is 23.2 Å². The second-order valence-corrected chi connectivity index (χ2v) is 10.3. The summed E-state index contributed by atoms with van der Waals surface area (Å²) in [6.07, 6.45) is 4.89. The third kappa shape index (κ3) is 3.45. The van der Waals surface area contributed by atoms with Gasteiger partial charge in [-0.05, 0) is 44.2 Å². The molecule has 0 radical (unpaired) electrons. The normalized spacial score (nSPS) is 11.9. The van der Waals surface area contributed by atoms with E-state index in [1.807, 2.05) is 43.3 Å². The van der Waals surface area contributed by atoms with Crippen molar-refractivity contribution in [3.63, 3.8) is 0 Å². The smallest absolute Gasteiger partial charge is 0.268 e. The molecule has 10 heteroatoms. The molecule has 0 saturated heterocycles. The van der Waals surface area contributed by atoms with E-state index >= 15 is 0 Å². The first-order valence-electron chi connectivity index (χ1n) is 11.3. The molecule has 0 saturated carbocycles. The van der Waals surface area contributed by atoms with Gasteiger partial charge >= 0.3 is 0 Å². The zero-order valence-corrected chi connectivity index (χ0v) is 20.4. The van der Waals surface area contributed by atoms with Crippen LogP contribution in [0, 0.1) is 13.8 Å². The van der Waals surface area contributed by atoms with Crippen molar-refractivity contribution in [2.24, 2.45) is 0 Å². The Morgan fingerprint density at radius 3 is 2.58 bits per heavy atom. The van der Waals surface area contributed by atoms with E-state index in [1.54, 1.807) is 54.4 Å². The zero-order valence-electron chi connectivity index (χ0n) is 19.6. The van der Waals surface area contributed by atoms with Crippen molar-refractivity contribution in [2.45, 2.75) is 25.3 Å². The molecule has 1 N–H and O–H groups in total. The molecule has 0 spiro atoms. The highest BCUT2D eigenvalue weighted by Crippen LogP contribution is 2.38. The van der Waals surface area contributed by atoms with E-state index in [2.05, 4.69) is 20.5 Å². The number of hydrogen-bond donors (Lipinski definition) is 1. The number of hydrogen-bond acceptors (Lipinski definition) is 7. The van der Waals surface area contributed by atoms with Crippen molar-refractivity contribution in [1.82, 2.24) is 23.6 Å². The summed E-state index contributed by atoms with van der Waals surface area (Å²) >= 11 is 0. The number of aromatic nitrogens is 5. The number of fused-ring (bicyclic) bond motifs is 2.